The van der Waals surface area contributed by atoms with Gasteiger partial charge in [-0.1, -0.05) is 13.0 Å². The molecule has 140 valence electrons. The third kappa shape index (κ3) is 4.66. The van der Waals surface area contributed by atoms with E-state index in [-0.39, 0.29) is 5.92 Å². The maximum atomic E-state index is 11.3. The molecule has 1 fully saturated rings. The summed E-state index contributed by atoms with van der Waals surface area (Å²) in [5.74, 6) is -0.859. The lowest BCUT2D eigenvalue weighted by atomic mass is 9.98. The average molecular weight is 454 g/mol. The Bertz CT molecular complexity index is 780. The van der Waals surface area contributed by atoms with Gasteiger partial charge in [0.25, 0.3) is 0 Å². The Hall–Kier alpha value is -0.950. The second kappa shape index (κ2) is 9.31. The second-order valence-corrected chi connectivity index (χ2v) is 9.30. The van der Waals surface area contributed by atoms with Crippen molar-refractivity contribution in [2.75, 3.05) is 19.6 Å². The number of aliphatic carboxylic acids is 1. The van der Waals surface area contributed by atoms with Crippen LogP contribution < -0.4 is 0 Å². The van der Waals surface area contributed by atoms with Crippen molar-refractivity contribution in [3.63, 3.8) is 0 Å². The first-order valence-corrected chi connectivity index (χ1v) is 11.6. The number of likely N-dealkylation sites (tertiary alicyclic amines) is 1. The molecule has 1 unspecified atom stereocenters. The van der Waals surface area contributed by atoms with E-state index in [2.05, 4.69) is 56.7 Å². The van der Waals surface area contributed by atoms with E-state index < -0.39 is 5.97 Å². The fourth-order valence-electron chi connectivity index (χ4n) is 3.48. The first-order chi connectivity index (χ1) is 12.6. The molecule has 3 nitrogen and oxygen atoms in total. The lowest BCUT2D eigenvalue weighted by molar-refractivity contribution is -0.143. The number of nitrogens with zero attached hydrogens (tertiary/aromatic N) is 1. The SMILES string of the molecule is CCc1ccsc1/C(=C\CCN1CCCC(C(=O)O)C1)c1sccc1Br. The summed E-state index contributed by atoms with van der Waals surface area (Å²) in [5, 5.41) is 13.6. The number of hydrogen-bond donors (Lipinski definition) is 1. The molecule has 0 bridgehead atoms. The predicted octanol–water partition coefficient (Wildman–Crippen LogP) is 5.75. The minimum atomic E-state index is -0.653. The van der Waals surface area contributed by atoms with Crippen LogP contribution >= 0.6 is 38.6 Å². The number of rotatable bonds is 7. The van der Waals surface area contributed by atoms with Gasteiger partial charge in [-0.2, -0.15) is 0 Å². The van der Waals surface area contributed by atoms with Crippen LogP contribution in [0, 0.1) is 5.92 Å². The van der Waals surface area contributed by atoms with Gasteiger partial charge in [0.1, 0.15) is 0 Å². The van der Waals surface area contributed by atoms with E-state index in [1.807, 2.05) is 0 Å². The minimum Gasteiger partial charge on any atom is -0.481 e. The second-order valence-electron chi connectivity index (χ2n) is 6.61. The van der Waals surface area contributed by atoms with Gasteiger partial charge in [-0.25, -0.2) is 0 Å². The topological polar surface area (TPSA) is 40.5 Å². The highest BCUT2D eigenvalue weighted by Gasteiger charge is 2.24. The van der Waals surface area contributed by atoms with Crippen LogP contribution in [0.15, 0.2) is 33.4 Å². The molecule has 1 aliphatic heterocycles. The van der Waals surface area contributed by atoms with Crippen molar-refractivity contribution in [1.29, 1.82) is 0 Å². The molecule has 0 spiro atoms. The summed E-state index contributed by atoms with van der Waals surface area (Å²) < 4.78 is 1.15. The van der Waals surface area contributed by atoms with Crippen molar-refractivity contribution in [3.05, 3.63) is 48.8 Å². The van der Waals surface area contributed by atoms with Crippen molar-refractivity contribution in [2.24, 2.45) is 5.92 Å². The van der Waals surface area contributed by atoms with E-state index in [1.54, 1.807) is 22.7 Å². The number of halogens is 1. The number of carboxylic acid groups (broad SMARTS) is 1. The number of carbonyl (C=O) groups is 1. The molecule has 1 aliphatic rings. The summed E-state index contributed by atoms with van der Waals surface area (Å²) >= 11 is 7.26. The summed E-state index contributed by atoms with van der Waals surface area (Å²) in [7, 11) is 0. The van der Waals surface area contributed by atoms with Crippen molar-refractivity contribution in [3.8, 4) is 0 Å². The van der Waals surface area contributed by atoms with Gasteiger partial charge in [0.2, 0.25) is 0 Å². The smallest absolute Gasteiger partial charge is 0.307 e. The van der Waals surface area contributed by atoms with Crippen LogP contribution in [-0.4, -0.2) is 35.6 Å². The molecule has 6 heteroatoms. The maximum absolute atomic E-state index is 11.3. The third-order valence-corrected chi connectivity index (χ3v) is 7.74. The Balaban J connectivity index is 1.75. The Morgan fingerprint density at radius 3 is 2.81 bits per heavy atom. The monoisotopic (exact) mass is 453 g/mol. The van der Waals surface area contributed by atoms with Crippen LogP contribution in [0.25, 0.3) is 5.57 Å². The molecule has 3 rings (SSSR count). The van der Waals surface area contributed by atoms with Crippen molar-refractivity contribution >= 4 is 50.1 Å². The Labute approximate surface area is 171 Å². The van der Waals surface area contributed by atoms with Gasteiger partial charge in [-0.15, -0.1) is 22.7 Å². The molecular formula is C20H24BrNO2S2. The average Bonchev–Trinajstić information content (AvgIpc) is 3.28. The van der Waals surface area contributed by atoms with E-state index in [0.29, 0.717) is 6.54 Å². The molecule has 0 amide bonds. The molecule has 1 N–H and O–H groups in total. The highest BCUT2D eigenvalue weighted by atomic mass is 79.9. The van der Waals surface area contributed by atoms with E-state index in [1.165, 1.54) is 20.9 Å². The van der Waals surface area contributed by atoms with Gasteiger partial charge in [0.15, 0.2) is 0 Å². The van der Waals surface area contributed by atoms with Gasteiger partial charge in [-0.05, 0) is 76.6 Å². The van der Waals surface area contributed by atoms with E-state index in [4.69, 9.17) is 0 Å². The van der Waals surface area contributed by atoms with Crippen LogP contribution in [0.4, 0.5) is 0 Å². The number of piperidine rings is 1. The molecule has 2 aromatic rings. The summed E-state index contributed by atoms with van der Waals surface area (Å²) in [6, 6.07) is 4.33. The third-order valence-electron chi connectivity index (χ3n) is 4.88. The molecule has 26 heavy (non-hydrogen) atoms. The van der Waals surface area contributed by atoms with Crippen LogP contribution in [0.2, 0.25) is 0 Å². The molecule has 3 heterocycles. The Morgan fingerprint density at radius 1 is 1.35 bits per heavy atom. The number of hydrogen-bond acceptors (Lipinski definition) is 4. The van der Waals surface area contributed by atoms with Crippen molar-refractivity contribution < 1.29 is 9.90 Å². The van der Waals surface area contributed by atoms with Gasteiger partial charge < -0.3 is 10.0 Å². The summed E-state index contributed by atoms with van der Waals surface area (Å²) in [4.78, 5) is 16.2. The zero-order chi connectivity index (χ0) is 18.5. The van der Waals surface area contributed by atoms with Crippen LogP contribution in [0.3, 0.4) is 0 Å². The molecule has 0 radical (unpaired) electrons. The van der Waals surface area contributed by atoms with Gasteiger partial charge in [0.05, 0.1) is 5.92 Å². The van der Waals surface area contributed by atoms with Crippen LogP contribution in [0.5, 0.6) is 0 Å². The Kier molecular flexibility index (Phi) is 7.09. The summed E-state index contributed by atoms with van der Waals surface area (Å²) in [6.45, 7) is 4.81. The molecule has 0 aliphatic carbocycles. The highest BCUT2D eigenvalue weighted by molar-refractivity contribution is 9.10. The number of aryl methyl sites for hydroxylation is 1. The van der Waals surface area contributed by atoms with Crippen LogP contribution in [-0.2, 0) is 11.2 Å². The zero-order valence-corrected chi connectivity index (χ0v) is 18.1. The molecule has 2 aromatic heterocycles. The Morgan fingerprint density at radius 2 is 2.12 bits per heavy atom. The first-order valence-electron chi connectivity index (χ1n) is 9.05. The summed E-state index contributed by atoms with van der Waals surface area (Å²) in [6.07, 6.45) is 6.10. The van der Waals surface area contributed by atoms with E-state index >= 15 is 0 Å². The van der Waals surface area contributed by atoms with Gasteiger partial charge >= 0.3 is 5.97 Å². The van der Waals surface area contributed by atoms with Crippen molar-refractivity contribution in [2.45, 2.75) is 32.6 Å². The lowest BCUT2D eigenvalue weighted by Gasteiger charge is -2.30. The van der Waals surface area contributed by atoms with Gasteiger partial charge in [-0.3, -0.25) is 4.79 Å². The zero-order valence-electron chi connectivity index (χ0n) is 14.9. The largest absolute Gasteiger partial charge is 0.481 e. The summed E-state index contributed by atoms with van der Waals surface area (Å²) in [5.41, 5.74) is 2.70. The van der Waals surface area contributed by atoms with E-state index in [0.717, 1.165) is 43.2 Å². The minimum absolute atomic E-state index is 0.206. The fourth-order valence-corrected chi connectivity index (χ4v) is 6.22. The molecule has 1 saturated heterocycles. The maximum Gasteiger partial charge on any atom is 0.307 e. The molecular weight excluding hydrogens is 430 g/mol. The molecule has 0 saturated carbocycles. The van der Waals surface area contributed by atoms with Crippen molar-refractivity contribution in [1.82, 2.24) is 4.90 Å². The number of thiophene rings is 2. The lowest BCUT2D eigenvalue weighted by Crippen LogP contribution is -2.39. The standard InChI is InChI=1S/C20H24BrNO2S2/c1-2-14-7-11-25-18(14)16(19-17(21)8-12-26-19)6-4-10-22-9-3-5-15(13-22)20(23)24/h6-8,11-12,15H,2-5,9-10,13H2,1H3,(H,23,24)/b16-6+. The first kappa shape index (κ1) is 19.8. The van der Waals surface area contributed by atoms with E-state index in [9.17, 15) is 9.90 Å². The fraction of sp³-hybridized carbons (Fsp3) is 0.450. The van der Waals surface area contributed by atoms with Crippen LogP contribution in [0.1, 0.15) is 41.5 Å². The molecule has 1 atom stereocenters. The normalized spacial score (nSPS) is 19.0. The quantitative estimate of drug-likeness (QED) is 0.579. The number of carboxylic acids is 1. The van der Waals surface area contributed by atoms with Gasteiger partial charge in [0, 0.05) is 32.9 Å². The predicted molar refractivity (Wildman–Crippen MR) is 114 cm³/mol. The highest BCUT2D eigenvalue weighted by Crippen LogP contribution is 2.38. The molecule has 0 aromatic carbocycles.